The molecule has 1 aromatic rings. The van der Waals surface area contributed by atoms with Gasteiger partial charge in [0.2, 0.25) is 0 Å². The Hall–Kier alpha value is -1.32. The Morgan fingerprint density at radius 2 is 2.29 bits per heavy atom. The summed E-state index contributed by atoms with van der Waals surface area (Å²) in [5.41, 5.74) is 0. The van der Waals surface area contributed by atoms with Crippen molar-refractivity contribution in [3.05, 3.63) is 12.0 Å². The minimum absolute atomic E-state index is 0.117. The molecular weight excluding hydrogens is 238 g/mol. The standard InChI is InChI=1S/C11H17N3O2S/c1-3-5-6-7-8-13-17(15,16)11-9-12-10(4-2)14-11/h1,9,13H,4-8H2,2H3,(H,12,14). The fourth-order valence-electron chi connectivity index (χ4n) is 1.30. The number of imidazole rings is 1. The molecule has 0 fully saturated rings. The molecule has 0 unspecified atom stereocenters. The molecule has 1 rings (SSSR count). The number of nitrogens with one attached hydrogen (secondary N) is 2. The Morgan fingerprint density at radius 1 is 1.53 bits per heavy atom. The van der Waals surface area contributed by atoms with Gasteiger partial charge < -0.3 is 4.98 Å². The van der Waals surface area contributed by atoms with Crippen LogP contribution in [0.4, 0.5) is 0 Å². The third-order valence-electron chi connectivity index (χ3n) is 2.27. The van der Waals surface area contributed by atoms with E-state index >= 15 is 0 Å². The molecule has 0 radical (unpaired) electrons. The zero-order valence-electron chi connectivity index (χ0n) is 9.86. The van der Waals surface area contributed by atoms with E-state index in [1.54, 1.807) is 0 Å². The third kappa shape index (κ3) is 4.21. The van der Waals surface area contributed by atoms with Crippen LogP contribution in [0.5, 0.6) is 0 Å². The lowest BCUT2D eigenvalue weighted by Crippen LogP contribution is -2.25. The summed E-state index contributed by atoms with van der Waals surface area (Å²) in [5.74, 6) is 3.18. The van der Waals surface area contributed by atoms with Crippen molar-refractivity contribution in [3.63, 3.8) is 0 Å². The lowest BCUT2D eigenvalue weighted by atomic mass is 10.2. The van der Waals surface area contributed by atoms with Gasteiger partial charge in [0.25, 0.3) is 10.0 Å². The second-order valence-corrected chi connectivity index (χ2v) is 5.34. The number of unbranched alkanes of at least 4 members (excludes halogenated alkanes) is 2. The number of hydrogen-bond donors (Lipinski definition) is 2. The van der Waals surface area contributed by atoms with E-state index in [0.29, 0.717) is 25.2 Å². The molecule has 0 aliphatic heterocycles. The van der Waals surface area contributed by atoms with Gasteiger partial charge in [-0.1, -0.05) is 6.92 Å². The van der Waals surface area contributed by atoms with Gasteiger partial charge in [0.05, 0.1) is 6.20 Å². The highest BCUT2D eigenvalue weighted by atomic mass is 32.2. The molecule has 0 spiro atoms. The molecule has 5 nitrogen and oxygen atoms in total. The van der Waals surface area contributed by atoms with Crippen LogP contribution in [0.1, 0.15) is 32.0 Å². The highest BCUT2D eigenvalue weighted by Gasteiger charge is 2.15. The van der Waals surface area contributed by atoms with Crippen LogP contribution in [0.25, 0.3) is 0 Å². The van der Waals surface area contributed by atoms with Gasteiger partial charge >= 0.3 is 0 Å². The van der Waals surface area contributed by atoms with Gasteiger partial charge in [-0.2, -0.15) is 0 Å². The second-order valence-electron chi connectivity index (χ2n) is 3.61. The van der Waals surface area contributed by atoms with Gasteiger partial charge in [0, 0.05) is 19.4 Å². The molecule has 0 bridgehead atoms. The van der Waals surface area contributed by atoms with E-state index < -0.39 is 10.0 Å². The van der Waals surface area contributed by atoms with E-state index in [4.69, 9.17) is 6.42 Å². The molecule has 0 aliphatic rings. The van der Waals surface area contributed by atoms with Crippen LogP contribution in [-0.4, -0.2) is 24.9 Å². The quantitative estimate of drug-likeness (QED) is 0.565. The molecule has 0 amide bonds. The number of rotatable bonds is 7. The summed E-state index contributed by atoms with van der Waals surface area (Å²) in [7, 11) is -3.46. The van der Waals surface area contributed by atoms with Gasteiger partial charge in [-0.3, -0.25) is 0 Å². The Morgan fingerprint density at radius 3 is 2.88 bits per heavy atom. The maximum absolute atomic E-state index is 11.8. The van der Waals surface area contributed by atoms with Crippen molar-refractivity contribution >= 4 is 10.0 Å². The van der Waals surface area contributed by atoms with Gasteiger partial charge in [-0.05, 0) is 12.8 Å². The number of terminal acetylenes is 1. The minimum Gasteiger partial charge on any atom is -0.332 e. The van der Waals surface area contributed by atoms with Crippen molar-refractivity contribution in [1.29, 1.82) is 0 Å². The highest BCUT2D eigenvalue weighted by Crippen LogP contribution is 2.06. The average molecular weight is 255 g/mol. The SMILES string of the molecule is C#CCCCCNS(=O)(=O)c1cnc(CC)[nH]1. The summed E-state index contributed by atoms with van der Waals surface area (Å²) >= 11 is 0. The van der Waals surface area contributed by atoms with Crippen LogP contribution in [0, 0.1) is 12.3 Å². The second kappa shape index (κ2) is 6.42. The summed E-state index contributed by atoms with van der Waals surface area (Å²) in [5, 5.41) is 0.117. The van der Waals surface area contributed by atoms with E-state index in [9.17, 15) is 8.42 Å². The molecule has 2 N–H and O–H groups in total. The van der Waals surface area contributed by atoms with Crippen molar-refractivity contribution in [1.82, 2.24) is 14.7 Å². The van der Waals surface area contributed by atoms with E-state index in [0.717, 1.165) is 12.8 Å². The Kier molecular flexibility index (Phi) is 5.19. The summed E-state index contributed by atoms with van der Waals surface area (Å²) in [6.45, 7) is 2.30. The van der Waals surface area contributed by atoms with Crippen molar-refractivity contribution in [2.24, 2.45) is 0 Å². The molecular formula is C11H17N3O2S. The number of aromatic nitrogens is 2. The smallest absolute Gasteiger partial charge is 0.257 e. The normalized spacial score (nSPS) is 11.3. The Balaban J connectivity index is 2.49. The highest BCUT2D eigenvalue weighted by molar-refractivity contribution is 7.89. The number of nitrogens with zero attached hydrogens (tertiary/aromatic N) is 1. The third-order valence-corrected chi connectivity index (χ3v) is 3.64. The zero-order chi connectivity index (χ0) is 12.7. The molecule has 0 aliphatic carbocycles. The number of aryl methyl sites for hydroxylation is 1. The summed E-state index contributed by atoms with van der Waals surface area (Å²) in [6.07, 6.45) is 9.35. The van der Waals surface area contributed by atoms with Gasteiger partial charge in [-0.25, -0.2) is 18.1 Å². The number of hydrogen-bond acceptors (Lipinski definition) is 3. The summed E-state index contributed by atoms with van der Waals surface area (Å²) in [4.78, 5) is 6.72. The first kappa shape index (κ1) is 13.7. The maximum Gasteiger partial charge on any atom is 0.257 e. The summed E-state index contributed by atoms with van der Waals surface area (Å²) < 4.78 is 26.0. The molecule has 6 heteroatoms. The van der Waals surface area contributed by atoms with Crippen LogP contribution in [-0.2, 0) is 16.4 Å². The fourth-order valence-corrected chi connectivity index (χ4v) is 2.31. The van der Waals surface area contributed by atoms with E-state index in [1.807, 2.05) is 6.92 Å². The van der Waals surface area contributed by atoms with E-state index in [2.05, 4.69) is 20.6 Å². The molecule has 17 heavy (non-hydrogen) atoms. The fraction of sp³-hybridized carbons (Fsp3) is 0.545. The van der Waals surface area contributed by atoms with Crippen molar-refractivity contribution < 1.29 is 8.42 Å². The first-order chi connectivity index (χ1) is 8.10. The molecule has 0 saturated heterocycles. The number of sulfonamides is 1. The molecule has 94 valence electrons. The molecule has 0 aromatic carbocycles. The Labute approximate surface area is 102 Å². The largest absolute Gasteiger partial charge is 0.332 e. The van der Waals surface area contributed by atoms with Crippen LogP contribution in [0.2, 0.25) is 0 Å². The van der Waals surface area contributed by atoms with Crippen LogP contribution in [0.3, 0.4) is 0 Å². The van der Waals surface area contributed by atoms with Crippen molar-refractivity contribution in [2.75, 3.05) is 6.54 Å². The number of H-pyrrole nitrogens is 1. The predicted molar refractivity (Wildman–Crippen MR) is 65.8 cm³/mol. The van der Waals surface area contributed by atoms with Gasteiger partial charge in [0.15, 0.2) is 5.03 Å². The predicted octanol–water partition coefficient (Wildman–Crippen LogP) is 1.05. The van der Waals surface area contributed by atoms with Gasteiger partial charge in [0.1, 0.15) is 5.82 Å². The lowest BCUT2D eigenvalue weighted by Gasteiger charge is -2.03. The minimum atomic E-state index is -3.46. The van der Waals surface area contributed by atoms with Crippen LogP contribution < -0.4 is 4.72 Å². The molecule has 1 aromatic heterocycles. The molecule has 0 atom stereocenters. The average Bonchev–Trinajstić information content (AvgIpc) is 2.78. The lowest BCUT2D eigenvalue weighted by molar-refractivity contribution is 0.574. The molecule has 0 saturated carbocycles. The first-order valence-electron chi connectivity index (χ1n) is 5.57. The number of aromatic amines is 1. The first-order valence-corrected chi connectivity index (χ1v) is 7.05. The summed E-state index contributed by atoms with van der Waals surface area (Å²) in [6, 6.07) is 0. The van der Waals surface area contributed by atoms with E-state index in [-0.39, 0.29) is 5.03 Å². The topological polar surface area (TPSA) is 74.8 Å². The van der Waals surface area contributed by atoms with Crippen LogP contribution in [0.15, 0.2) is 11.2 Å². The monoisotopic (exact) mass is 255 g/mol. The van der Waals surface area contributed by atoms with Crippen molar-refractivity contribution in [3.8, 4) is 12.3 Å². The van der Waals surface area contributed by atoms with Crippen molar-refractivity contribution in [2.45, 2.75) is 37.6 Å². The maximum atomic E-state index is 11.8. The van der Waals surface area contributed by atoms with Crippen LogP contribution >= 0.6 is 0 Å². The van der Waals surface area contributed by atoms with E-state index in [1.165, 1.54) is 6.20 Å². The van der Waals surface area contributed by atoms with Gasteiger partial charge in [-0.15, -0.1) is 12.3 Å². The molecule has 1 heterocycles. The Bertz CT molecular complexity index is 485. The zero-order valence-corrected chi connectivity index (χ0v) is 10.7.